The maximum atomic E-state index is 5.45. The standard InChI is InChI=1S/C22H25NO/c1-17-18-7-2-4-9-20(18)22(21-10-5-3-8-19(17)21)11-6-12-23-13-15-24-16-14-23/h2-5,7-10H,6,11-16H2,1H3. The minimum atomic E-state index is 0.885. The summed E-state index contributed by atoms with van der Waals surface area (Å²) in [4.78, 5) is 2.53. The molecule has 0 radical (unpaired) electrons. The molecule has 2 nitrogen and oxygen atoms in total. The molecular formula is C22H25NO. The molecule has 0 atom stereocenters. The van der Waals surface area contributed by atoms with E-state index in [-0.39, 0.29) is 0 Å². The van der Waals surface area contributed by atoms with Crippen molar-refractivity contribution in [2.45, 2.75) is 19.8 Å². The van der Waals surface area contributed by atoms with Crippen LogP contribution >= 0.6 is 0 Å². The Balaban J connectivity index is 1.68. The molecule has 3 aromatic rings. The number of benzene rings is 3. The van der Waals surface area contributed by atoms with E-state index >= 15 is 0 Å². The number of rotatable bonds is 4. The maximum Gasteiger partial charge on any atom is 0.0594 e. The summed E-state index contributed by atoms with van der Waals surface area (Å²) in [6, 6.07) is 17.8. The normalized spacial score (nSPS) is 16.0. The minimum Gasteiger partial charge on any atom is -0.379 e. The predicted octanol–water partition coefficient (Wildman–Crippen LogP) is 4.57. The highest BCUT2D eigenvalue weighted by molar-refractivity contribution is 6.05. The van der Waals surface area contributed by atoms with Gasteiger partial charge in [0.1, 0.15) is 0 Å². The van der Waals surface area contributed by atoms with Crippen LogP contribution in [-0.2, 0) is 11.2 Å². The highest BCUT2D eigenvalue weighted by atomic mass is 16.5. The van der Waals surface area contributed by atoms with Gasteiger partial charge in [0.15, 0.2) is 0 Å². The Morgan fingerprint density at radius 2 is 1.38 bits per heavy atom. The summed E-state index contributed by atoms with van der Waals surface area (Å²) < 4.78 is 5.45. The third-order valence-corrected chi connectivity index (χ3v) is 5.32. The summed E-state index contributed by atoms with van der Waals surface area (Å²) >= 11 is 0. The zero-order valence-corrected chi connectivity index (χ0v) is 14.4. The fourth-order valence-electron chi connectivity index (χ4n) is 4.01. The number of morpholine rings is 1. The Morgan fingerprint density at radius 3 is 1.96 bits per heavy atom. The summed E-state index contributed by atoms with van der Waals surface area (Å²) in [6.45, 7) is 7.35. The van der Waals surface area contributed by atoms with Crippen molar-refractivity contribution in [3.8, 4) is 0 Å². The Bertz CT molecular complexity index is 792. The third-order valence-electron chi connectivity index (χ3n) is 5.32. The van der Waals surface area contributed by atoms with Crippen LogP contribution in [0.5, 0.6) is 0 Å². The number of aryl methyl sites for hydroxylation is 2. The minimum absolute atomic E-state index is 0.885. The Hall–Kier alpha value is -1.90. The quantitative estimate of drug-likeness (QED) is 0.653. The van der Waals surface area contributed by atoms with Crippen molar-refractivity contribution in [1.29, 1.82) is 0 Å². The molecule has 0 unspecified atom stereocenters. The Kier molecular flexibility index (Phi) is 4.50. The van der Waals surface area contributed by atoms with E-state index in [1.54, 1.807) is 0 Å². The van der Waals surface area contributed by atoms with Crippen molar-refractivity contribution >= 4 is 21.5 Å². The van der Waals surface area contributed by atoms with Crippen LogP contribution in [0.2, 0.25) is 0 Å². The van der Waals surface area contributed by atoms with Crippen LogP contribution in [0.4, 0.5) is 0 Å². The van der Waals surface area contributed by atoms with Crippen molar-refractivity contribution < 1.29 is 4.74 Å². The molecule has 1 aliphatic heterocycles. The van der Waals surface area contributed by atoms with E-state index in [0.717, 1.165) is 32.7 Å². The molecule has 4 rings (SSSR count). The summed E-state index contributed by atoms with van der Waals surface area (Å²) in [5.41, 5.74) is 2.91. The fraction of sp³-hybridized carbons (Fsp3) is 0.364. The molecule has 1 aliphatic rings. The van der Waals surface area contributed by atoms with Crippen molar-refractivity contribution in [3.63, 3.8) is 0 Å². The molecule has 1 fully saturated rings. The van der Waals surface area contributed by atoms with E-state index in [9.17, 15) is 0 Å². The second-order valence-corrected chi connectivity index (χ2v) is 6.75. The fourth-order valence-corrected chi connectivity index (χ4v) is 4.01. The average molecular weight is 319 g/mol. The summed E-state index contributed by atoms with van der Waals surface area (Å²) in [5, 5.41) is 5.65. The molecule has 0 amide bonds. The first-order chi connectivity index (χ1) is 11.8. The summed E-state index contributed by atoms with van der Waals surface area (Å²) in [7, 11) is 0. The number of fused-ring (bicyclic) bond motifs is 2. The Labute approximate surface area is 144 Å². The lowest BCUT2D eigenvalue weighted by Crippen LogP contribution is -2.36. The molecule has 0 saturated carbocycles. The van der Waals surface area contributed by atoms with E-state index in [1.807, 2.05) is 0 Å². The lowest BCUT2D eigenvalue weighted by molar-refractivity contribution is 0.0375. The number of ether oxygens (including phenoxy) is 1. The van der Waals surface area contributed by atoms with Crippen LogP contribution in [0, 0.1) is 6.92 Å². The number of nitrogens with zero attached hydrogens (tertiary/aromatic N) is 1. The highest BCUT2D eigenvalue weighted by Gasteiger charge is 2.13. The van der Waals surface area contributed by atoms with Gasteiger partial charge in [-0.3, -0.25) is 4.90 Å². The SMILES string of the molecule is Cc1c2ccccc2c(CCCN2CCOCC2)c2ccccc12. The zero-order valence-electron chi connectivity index (χ0n) is 14.4. The smallest absolute Gasteiger partial charge is 0.0594 e. The van der Waals surface area contributed by atoms with Gasteiger partial charge in [0, 0.05) is 13.1 Å². The van der Waals surface area contributed by atoms with Crippen molar-refractivity contribution in [3.05, 3.63) is 59.7 Å². The van der Waals surface area contributed by atoms with Gasteiger partial charge < -0.3 is 4.74 Å². The molecule has 0 bridgehead atoms. The van der Waals surface area contributed by atoms with Gasteiger partial charge in [-0.25, -0.2) is 0 Å². The predicted molar refractivity (Wildman–Crippen MR) is 102 cm³/mol. The van der Waals surface area contributed by atoms with Crippen LogP contribution in [0.3, 0.4) is 0 Å². The second kappa shape index (κ2) is 6.92. The van der Waals surface area contributed by atoms with Crippen LogP contribution in [0.1, 0.15) is 17.5 Å². The molecule has 2 heteroatoms. The van der Waals surface area contributed by atoms with Crippen LogP contribution in [-0.4, -0.2) is 37.7 Å². The summed E-state index contributed by atoms with van der Waals surface area (Å²) in [5.74, 6) is 0. The number of hydrogen-bond acceptors (Lipinski definition) is 2. The van der Waals surface area contributed by atoms with Gasteiger partial charge in [-0.1, -0.05) is 48.5 Å². The largest absolute Gasteiger partial charge is 0.379 e. The molecule has 0 aliphatic carbocycles. The molecule has 0 spiro atoms. The molecule has 1 heterocycles. The van der Waals surface area contributed by atoms with Crippen LogP contribution in [0.25, 0.3) is 21.5 Å². The first-order valence-corrected chi connectivity index (χ1v) is 9.03. The topological polar surface area (TPSA) is 12.5 Å². The molecule has 0 N–H and O–H groups in total. The molecule has 0 aromatic heterocycles. The van der Waals surface area contributed by atoms with Crippen LogP contribution < -0.4 is 0 Å². The van der Waals surface area contributed by atoms with Crippen molar-refractivity contribution in [2.24, 2.45) is 0 Å². The Morgan fingerprint density at radius 1 is 0.833 bits per heavy atom. The monoisotopic (exact) mass is 319 g/mol. The van der Waals surface area contributed by atoms with Crippen molar-refractivity contribution in [1.82, 2.24) is 4.90 Å². The first kappa shape index (κ1) is 15.6. The lowest BCUT2D eigenvalue weighted by atomic mass is 9.90. The van der Waals surface area contributed by atoms with Gasteiger partial charge in [0.2, 0.25) is 0 Å². The molecular weight excluding hydrogens is 294 g/mol. The molecule has 24 heavy (non-hydrogen) atoms. The van der Waals surface area contributed by atoms with E-state index in [2.05, 4.69) is 60.4 Å². The maximum absolute atomic E-state index is 5.45. The molecule has 3 aromatic carbocycles. The highest BCUT2D eigenvalue weighted by Crippen LogP contribution is 2.33. The lowest BCUT2D eigenvalue weighted by Gasteiger charge is -2.26. The second-order valence-electron chi connectivity index (χ2n) is 6.75. The third kappa shape index (κ3) is 2.92. The van der Waals surface area contributed by atoms with E-state index in [0.29, 0.717) is 0 Å². The van der Waals surface area contributed by atoms with Gasteiger partial charge in [-0.15, -0.1) is 0 Å². The van der Waals surface area contributed by atoms with E-state index in [4.69, 9.17) is 4.74 Å². The first-order valence-electron chi connectivity index (χ1n) is 9.03. The van der Waals surface area contributed by atoms with E-state index < -0.39 is 0 Å². The average Bonchev–Trinajstić information content (AvgIpc) is 2.65. The number of hydrogen-bond donors (Lipinski definition) is 0. The van der Waals surface area contributed by atoms with Gasteiger partial charge in [-0.2, -0.15) is 0 Å². The zero-order chi connectivity index (χ0) is 16.4. The van der Waals surface area contributed by atoms with Gasteiger partial charge >= 0.3 is 0 Å². The van der Waals surface area contributed by atoms with Gasteiger partial charge in [0.05, 0.1) is 13.2 Å². The summed E-state index contributed by atoms with van der Waals surface area (Å²) in [6.07, 6.45) is 2.34. The van der Waals surface area contributed by atoms with Gasteiger partial charge in [0.25, 0.3) is 0 Å². The van der Waals surface area contributed by atoms with Crippen LogP contribution in [0.15, 0.2) is 48.5 Å². The van der Waals surface area contributed by atoms with E-state index in [1.165, 1.54) is 45.6 Å². The molecule has 1 saturated heterocycles. The van der Waals surface area contributed by atoms with Crippen molar-refractivity contribution in [2.75, 3.05) is 32.8 Å². The van der Waals surface area contributed by atoms with Gasteiger partial charge in [-0.05, 0) is 59.0 Å². The molecule has 124 valence electrons.